The molecule has 2 aliphatic heterocycles. The number of ether oxygens (including phenoxy) is 1. The van der Waals surface area contributed by atoms with Gasteiger partial charge in [-0.3, -0.25) is 14.5 Å². The number of alkyl halides is 1. The first-order valence-corrected chi connectivity index (χ1v) is 6.69. The van der Waals surface area contributed by atoms with Crippen LogP contribution in [-0.2, 0) is 4.74 Å². The van der Waals surface area contributed by atoms with Crippen molar-refractivity contribution in [3.63, 3.8) is 0 Å². The molecule has 1 fully saturated rings. The predicted molar refractivity (Wildman–Crippen MR) is 70.2 cm³/mol. The van der Waals surface area contributed by atoms with Crippen molar-refractivity contribution in [2.45, 2.75) is 31.0 Å². The van der Waals surface area contributed by atoms with Crippen LogP contribution < -0.4 is 5.73 Å². The van der Waals surface area contributed by atoms with E-state index in [1.807, 2.05) is 0 Å². The summed E-state index contributed by atoms with van der Waals surface area (Å²) in [6, 6.07) is 5.55. The average molecular weight is 294 g/mol. The Morgan fingerprint density at radius 3 is 2.24 bits per heavy atom. The Bertz CT molecular complexity index is 559. The minimum atomic E-state index is -1.38. The highest BCUT2D eigenvalue weighted by Gasteiger charge is 2.52. The topological polar surface area (TPSA) is 96.2 Å². The van der Waals surface area contributed by atoms with Gasteiger partial charge in [0.1, 0.15) is 12.3 Å². The van der Waals surface area contributed by atoms with Crippen molar-refractivity contribution in [1.29, 1.82) is 0 Å². The molecule has 0 spiro atoms. The lowest BCUT2D eigenvalue weighted by Crippen LogP contribution is -2.46. The van der Waals surface area contributed by atoms with Gasteiger partial charge in [-0.1, -0.05) is 12.1 Å². The molecule has 4 atom stereocenters. The highest BCUT2D eigenvalue weighted by atomic mass is 19.1. The number of benzene rings is 1. The number of hydrogen-bond acceptors (Lipinski definition) is 5. The zero-order valence-corrected chi connectivity index (χ0v) is 11.1. The molecule has 2 amide bonds. The number of epoxide rings is 1. The minimum absolute atomic E-state index is 0.149. The van der Waals surface area contributed by atoms with E-state index in [-0.39, 0.29) is 24.1 Å². The summed E-state index contributed by atoms with van der Waals surface area (Å²) in [5.41, 5.74) is 5.83. The molecule has 0 bridgehead atoms. The van der Waals surface area contributed by atoms with Crippen molar-refractivity contribution in [3.05, 3.63) is 35.4 Å². The van der Waals surface area contributed by atoms with Gasteiger partial charge in [-0.2, -0.15) is 0 Å². The molecule has 0 aromatic heterocycles. The van der Waals surface area contributed by atoms with Crippen LogP contribution in [0.5, 0.6) is 0 Å². The lowest BCUT2D eigenvalue weighted by Gasteiger charge is -2.25. The first kappa shape index (κ1) is 14.1. The maximum absolute atomic E-state index is 13.6. The number of amides is 2. The van der Waals surface area contributed by atoms with Gasteiger partial charge in [0.05, 0.1) is 17.2 Å². The number of fused-ring (bicyclic) bond motifs is 1. The van der Waals surface area contributed by atoms with Crippen LogP contribution in [0.3, 0.4) is 0 Å². The van der Waals surface area contributed by atoms with E-state index in [4.69, 9.17) is 10.5 Å². The van der Waals surface area contributed by atoms with Crippen molar-refractivity contribution in [2.24, 2.45) is 5.73 Å². The molecule has 0 saturated carbocycles. The molecular formula is C14H15FN2O4. The summed E-state index contributed by atoms with van der Waals surface area (Å²) in [7, 11) is 0. The van der Waals surface area contributed by atoms with Gasteiger partial charge in [-0.25, -0.2) is 4.39 Å². The Labute approximate surface area is 120 Å². The van der Waals surface area contributed by atoms with Crippen LogP contribution in [0.4, 0.5) is 4.39 Å². The Morgan fingerprint density at radius 1 is 1.29 bits per heavy atom. The first-order chi connectivity index (χ1) is 10.0. The monoisotopic (exact) mass is 294 g/mol. The van der Waals surface area contributed by atoms with Crippen LogP contribution in [0.15, 0.2) is 24.3 Å². The lowest BCUT2D eigenvalue weighted by atomic mass is 10.0. The molecule has 1 aromatic rings. The third-order valence-electron chi connectivity index (χ3n) is 3.79. The summed E-state index contributed by atoms with van der Waals surface area (Å²) >= 11 is 0. The number of nitrogens with two attached hydrogens (primary N) is 1. The van der Waals surface area contributed by atoms with Gasteiger partial charge in [0.2, 0.25) is 0 Å². The molecule has 1 saturated heterocycles. The molecule has 0 radical (unpaired) electrons. The second kappa shape index (κ2) is 5.18. The van der Waals surface area contributed by atoms with Crippen molar-refractivity contribution in [3.8, 4) is 0 Å². The molecule has 2 aliphatic rings. The summed E-state index contributed by atoms with van der Waals surface area (Å²) in [5.74, 6) is -0.986. The van der Waals surface area contributed by atoms with E-state index in [0.717, 1.165) is 4.90 Å². The molecule has 2 heterocycles. The zero-order chi connectivity index (χ0) is 15.1. The first-order valence-electron chi connectivity index (χ1n) is 6.69. The van der Waals surface area contributed by atoms with E-state index < -0.39 is 36.4 Å². The highest BCUT2D eigenvalue weighted by molar-refractivity contribution is 6.21. The Balaban J connectivity index is 1.90. The zero-order valence-electron chi connectivity index (χ0n) is 11.1. The van der Waals surface area contributed by atoms with Crippen LogP contribution in [0.25, 0.3) is 0 Å². The quantitative estimate of drug-likeness (QED) is 0.591. The Hall–Kier alpha value is -1.83. The van der Waals surface area contributed by atoms with E-state index >= 15 is 0 Å². The fourth-order valence-corrected chi connectivity index (χ4v) is 2.65. The van der Waals surface area contributed by atoms with E-state index in [2.05, 4.69) is 0 Å². The molecule has 7 heteroatoms. The van der Waals surface area contributed by atoms with Crippen LogP contribution in [-0.4, -0.2) is 53.0 Å². The number of hydrogen-bond donors (Lipinski definition) is 2. The third kappa shape index (κ3) is 2.33. The molecule has 0 aliphatic carbocycles. The number of aliphatic hydroxyl groups is 1. The molecule has 21 heavy (non-hydrogen) atoms. The summed E-state index contributed by atoms with van der Waals surface area (Å²) in [6.07, 6.45) is -3.36. The van der Waals surface area contributed by atoms with Gasteiger partial charge in [0.15, 0.2) is 6.29 Å². The summed E-state index contributed by atoms with van der Waals surface area (Å²) in [4.78, 5) is 25.7. The summed E-state index contributed by atoms with van der Waals surface area (Å²) in [5, 5.41) is 9.41. The number of carbonyl (C=O) groups excluding carboxylic acids is 2. The summed E-state index contributed by atoms with van der Waals surface area (Å²) < 4.78 is 18.6. The van der Waals surface area contributed by atoms with Crippen LogP contribution in [0.2, 0.25) is 0 Å². The van der Waals surface area contributed by atoms with Crippen LogP contribution >= 0.6 is 0 Å². The number of halogens is 1. The van der Waals surface area contributed by atoms with Gasteiger partial charge >= 0.3 is 0 Å². The number of rotatable bonds is 5. The van der Waals surface area contributed by atoms with Gasteiger partial charge in [0, 0.05) is 13.0 Å². The standard InChI is InChI=1S/C14H15FN2O4/c15-7(6-16)5-10(11-14(20)21-11)17-12(18)8-3-1-2-4-9(8)13(17)19/h1-4,7,10-11,14,20H,5-6,16H2. The normalized spacial score (nSPS) is 26.7. The minimum Gasteiger partial charge on any atom is -0.366 e. The van der Waals surface area contributed by atoms with Gasteiger partial charge in [-0.05, 0) is 12.1 Å². The second-order valence-corrected chi connectivity index (χ2v) is 5.15. The van der Waals surface area contributed by atoms with Crippen LogP contribution in [0, 0.1) is 0 Å². The van der Waals surface area contributed by atoms with Gasteiger partial charge in [-0.15, -0.1) is 0 Å². The van der Waals surface area contributed by atoms with Crippen molar-refractivity contribution < 1.29 is 23.8 Å². The fourth-order valence-electron chi connectivity index (χ4n) is 2.65. The van der Waals surface area contributed by atoms with Gasteiger partial charge < -0.3 is 15.6 Å². The summed E-state index contributed by atoms with van der Waals surface area (Å²) in [6.45, 7) is -0.220. The molecule has 3 rings (SSSR count). The second-order valence-electron chi connectivity index (χ2n) is 5.15. The maximum Gasteiger partial charge on any atom is 0.261 e. The number of nitrogens with zero attached hydrogens (tertiary/aromatic N) is 1. The largest absolute Gasteiger partial charge is 0.366 e. The van der Waals surface area contributed by atoms with Crippen molar-refractivity contribution in [2.75, 3.05) is 6.54 Å². The molecular weight excluding hydrogens is 279 g/mol. The fraction of sp³-hybridized carbons (Fsp3) is 0.429. The number of imide groups is 1. The smallest absolute Gasteiger partial charge is 0.261 e. The van der Waals surface area contributed by atoms with E-state index in [9.17, 15) is 19.1 Å². The predicted octanol–water partition coefficient (Wildman–Crippen LogP) is 0.0553. The van der Waals surface area contributed by atoms with E-state index in [1.165, 1.54) is 0 Å². The average Bonchev–Trinajstić information content (AvgIpc) is 3.16. The molecule has 3 N–H and O–H groups in total. The number of aliphatic hydroxyl groups excluding tert-OH is 1. The van der Waals surface area contributed by atoms with Crippen molar-refractivity contribution in [1.82, 2.24) is 4.90 Å². The molecule has 1 aromatic carbocycles. The Kier molecular flexibility index (Phi) is 3.48. The highest BCUT2D eigenvalue weighted by Crippen LogP contribution is 2.34. The van der Waals surface area contributed by atoms with Crippen molar-refractivity contribution >= 4 is 11.8 Å². The third-order valence-corrected chi connectivity index (χ3v) is 3.79. The Morgan fingerprint density at radius 2 is 1.81 bits per heavy atom. The maximum atomic E-state index is 13.6. The molecule has 4 unspecified atom stereocenters. The number of carbonyl (C=O) groups is 2. The van der Waals surface area contributed by atoms with E-state index in [0.29, 0.717) is 0 Å². The molecule has 112 valence electrons. The molecule has 6 nitrogen and oxygen atoms in total. The van der Waals surface area contributed by atoms with E-state index in [1.54, 1.807) is 24.3 Å². The van der Waals surface area contributed by atoms with Crippen LogP contribution in [0.1, 0.15) is 27.1 Å². The lowest BCUT2D eigenvalue weighted by molar-refractivity contribution is 0.0520. The SMILES string of the molecule is NCC(F)CC(C1OC1O)N1C(=O)c2ccccc2C1=O. The van der Waals surface area contributed by atoms with Gasteiger partial charge in [0.25, 0.3) is 11.8 Å².